The Morgan fingerprint density at radius 3 is 2.06 bits per heavy atom. The van der Waals surface area contributed by atoms with E-state index in [-0.39, 0.29) is 18.1 Å². The summed E-state index contributed by atoms with van der Waals surface area (Å²) in [5.41, 5.74) is 1.46. The lowest BCUT2D eigenvalue weighted by Crippen LogP contribution is -2.42. The van der Waals surface area contributed by atoms with Gasteiger partial charge in [-0.15, -0.1) is 0 Å². The van der Waals surface area contributed by atoms with E-state index in [1.807, 2.05) is 12.1 Å². The summed E-state index contributed by atoms with van der Waals surface area (Å²) in [5, 5.41) is 1.48. The smallest absolute Gasteiger partial charge is 0.338 e. The first-order chi connectivity index (χ1) is 16.0. The summed E-state index contributed by atoms with van der Waals surface area (Å²) in [7, 11) is 0. The van der Waals surface area contributed by atoms with Crippen LogP contribution in [0, 0.1) is 0 Å². The van der Waals surface area contributed by atoms with Crippen molar-refractivity contribution in [2.24, 2.45) is 0 Å². The van der Waals surface area contributed by atoms with E-state index in [0.717, 1.165) is 10.3 Å². The van der Waals surface area contributed by atoms with Crippen LogP contribution < -0.4 is 4.90 Å². The number of rotatable bonds is 4. The molecule has 2 heterocycles. The Balaban J connectivity index is 1.32. The minimum absolute atomic E-state index is 0.216. The Morgan fingerprint density at radius 2 is 1.45 bits per heavy atom. The van der Waals surface area contributed by atoms with Crippen molar-refractivity contribution in [3.8, 4) is 0 Å². The lowest BCUT2D eigenvalue weighted by molar-refractivity contribution is -0.138. The van der Waals surface area contributed by atoms with Crippen molar-refractivity contribution in [1.29, 1.82) is 0 Å². The van der Waals surface area contributed by atoms with E-state index in [4.69, 9.17) is 9.47 Å². The number of ether oxygens (including phenoxy) is 2. The van der Waals surface area contributed by atoms with Gasteiger partial charge in [-0.25, -0.2) is 9.69 Å². The van der Waals surface area contributed by atoms with Gasteiger partial charge in [0, 0.05) is 29.6 Å². The molecule has 1 fully saturated rings. The first-order valence-electron chi connectivity index (χ1n) is 10.6. The van der Waals surface area contributed by atoms with E-state index in [1.54, 1.807) is 29.2 Å². The molecule has 0 atom stereocenters. The van der Waals surface area contributed by atoms with Crippen LogP contribution in [0.15, 0.2) is 60.7 Å². The minimum atomic E-state index is -0.658. The molecule has 0 unspecified atom stereocenters. The van der Waals surface area contributed by atoms with Gasteiger partial charge in [-0.1, -0.05) is 24.3 Å². The molecule has 33 heavy (non-hydrogen) atoms. The number of hydrogen-bond donors (Lipinski definition) is 0. The molecule has 5 rings (SSSR count). The monoisotopic (exact) mass is 444 g/mol. The fourth-order valence-electron chi connectivity index (χ4n) is 4.13. The summed E-state index contributed by atoms with van der Waals surface area (Å²) >= 11 is 0. The van der Waals surface area contributed by atoms with Gasteiger partial charge in [-0.05, 0) is 41.8 Å². The van der Waals surface area contributed by atoms with Gasteiger partial charge in [-0.3, -0.25) is 14.4 Å². The van der Waals surface area contributed by atoms with E-state index in [0.29, 0.717) is 48.5 Å². The molecule has 0 spiro atoms. The summed E-state index contributed by atoms with van der Waals surface area (Å²) in [6, 6.07) is 16.7. The topological polar surface area (TPSA) is 93.2 Å². The second kappa shape index (κ2) is 8.48. The normalized spacial score (nSPS) is 15.6. The van der Waals surface area contributed by atoms with Crippen molar-refractivity contribution in [1.82, 2.24) is 4.90 Å². The van der Waals surface area contributed by atoms with Crippen molar-refractivity contribution < 1.29 is 28.7 Å². The highest BCUT2D eigenvalue weighted by Gasteiger charge is 2.33. The Bertz CT molecular complexity index is 1230. The molecule has 3 aromatic rings. The van der Waals surface area contributed by atoms with E-state index in [2.05, 4.69) is 0 Å². The standard InChI is InChI=1S/C25H20N2O6/c28-21(26-11-13-32-14-12-26)15-33-25(31)17-7-9-18(10-8-17)27-23(29)19-5-1-3-16-4-2-6-20(22(16)19)24(27)30/h1-10H,11-15H2. The van der Waals surface area contributed by atoms with Crippen LogP contribution >= 0.6 is 0 Å². The molecular formula is C25H20N2O6. The first-order valence-corrected chi connectivity index (χ1v) is 10.6. The average molecular weight is 444 g/mol. The molecule has 2 aliphatic rings. The lowest BCUT2D eigenvalue weighted by Gasteiger charge is -2.27. The van der Waals surface area contributed by atoms with Gasteiger partial charge in [0.2, 0.25) is 0 Å². The molecule has 0 aromatic heterocycles. The Labute approximate surface area is 189 Å². The van der Waals surface area contributed by atoms with Crippen LogP contribution in [0.5, 0.6) is 0 Å². The third-order valence-electron chi connectivity index (χ3n) is 5.82. The SMILES string of the molecule is O=C(OCC(=O)N1CCOCC1)c1ccc(N2C(=O)c3cccc4cccc(c34)C2=O)cc1. The highest BCUT2D eigenvalue weighted by atomic mass is 16.5. The number of hydrogen-bond acceptors (Lipinski definition) is 6. The van der Waals surface area contributed by atoms with E-state index in [9.17, 15) is 19.2 Å². The maximum Gasteiger partial charge on any atom is 0.338 e. The number of anilines is 1. The highest BCUT2D eigenvalue weighted by molar-refractivity contribution is 6.35. The maximum absolute atomic E-state index is 13.1. The molecule has 1 saturated heterocycles. The van der Waals surface area contributed by atoms with Gasteiger partial charge in [0.1, 0.15) is 0 Å². The Kier molecular flexibility index (Phi) is 5.35. The maximum atomic E-state index is 13.1. The zero-order valence-electron chi connectivity index (χ0n) is 17.7. The number of benzene rings is 3. The van der Waals surface area contributed by atoms with Crippen LogP contribution in [0.2, 0.25) is 0 Å². The van der Waals surface area contributed by atoms with Crippen molar-refractivity contribution in [3.63, 3.8) is 0 Å². The molecule has 8 nitrogen and oxygen atoms in total. The zero-order valence-corrected chi connectivity index (χ0v) is 17.7. The van der Waals surface area contributed by atoms with Crippen LogP contribution in [0.1, 0.15) is 31.1 Å². The van der Waals surface area contributed by atoms with Gasteiger partial charge in [-0.2, -0.15) is 0 Å². The van der Waals surface area contributed by atoms with Crippen LogP contribution in [0.4, 0.5) is 5.69 Å². The third-order valence-corrected chi connectivity index (χ3v) is 5.82. The molecule has 3 amide bonds. The quantitative estimate of drug-likeness (QED) is 0.454. The van der Waals surface area contributed by atoms with Crippen LogP contribution in [0.3, 0.4) is 0 Å². The molecule has 3 aromatic carbocycles. The summed E-state index contributed by atoms with van der Waals surface area (Å²) in [4.78, 5) is 53.5. The fraction of sp³-hybridized carbons (Fsp3) is 0.200. The van der Waals surface area contributed by atoms with E-state index >= 15 is 0 Å². The molecule has 0 N–H and O–H groups in total. The number of nitrogens with zero attached hydrogens (tertiary/aromatic N) is 2. The van der Waals surface area contributed by atoms with Crippen molar-refractivity contribution in [3.05, 3.63) is 77.4 Å². The second-order valence-electron chi connectivity index (χ2n) is 7.77. The predicted molar refractivity (Wildman–Crippen MR) is 119 cm³/mol. The van der Waals surface area contributed by atoms with Gasteiger partial charge < -0.3 is 14.4 Å². The van der Waals surface area contributed by atoms with Crippen molar-refractivity contribution >= 4 is 40.2 Å². The minimum Gasteiger partial charge on any atom is -0.452 e. The number of amides is 3. The van der Waals surface area contributed by atoms with E-state index < -0.39 is 17.8 Å². The second-order valence-corrected chi connectivity index (χ2v) is 7.77. The van der Waals surface area contributed by atoms with Crippen LogP contribution in [0.25, 0.3) is 10.8 Å². The average Bonchev–Trinajstić information content (AvgIpc) is 2.86. The first kappa shape index (κ1) is 20.8. The Hall–Kier alpha value is -4.04. The van der Waals surface area contributed by atoms with E-state index in [1.165, 1.54) is 24.3 Å². The van der Waals surface area contributed by atoms with Gasteiger partial charge in [0.25, 0.3) is 17.7 Å². The number of carbonyl (C=O) groups is 4. The van der Waals surface area contributed by atoms with Crippen LogP contribution in [-0.2, 0) is 14.3 Å². The number of morpholine rings is 1. The molecule has 166 valence electrons. The number of esters is 1. The Morgan fingerprint density at radius 1 is 0.848 bits per heavy atom. The van der Waals surface area contributed by atoms with Crippen molar-refractivity contribution in [2.45, 2.75) is 0 Å². The molecule has 0 aliphatic carbocycles. The highest BCUT2D eigenvalue weighted by Crippen LogP contribution is 2.32. The van der Waals surface area contributed by atoms with Crippen molar-refractivity contribution in [2.75, 3.05) is 37.8 Å². The largest absolute Gasteiger partial charge is 0.452 e. The van der Waals surface area contributed by atoms with Gasteiger partial charge >= 0.3 is 5.97 Å². The zero-order chi connectivity index (χ0) is 22.9. The summed E-state index contributed by atoms with van der Waals surface area (Å²) in [5.74, 6) is -1.78. The van der Waals surface area contributed by atoms with Gasteiger partial charge in [0.05, 0.1) is 24.5 Å². The third kappa shape index (κ3) is 3.74. The summed E-state index contributed by atoms with van der Waals surface area (Å²) < 4.78 is 10.3. The molecule has 8 heteroatoms. The van der Waals surface area contributed by atoms with Crippen LogP contribution in [-0.4, -0.2) is 61.5 Å². The molecule has 0 saturated carbocycles. The molecule has 0 bridgehead atoms. The molecule has 0 radical (unpaired) electrons. The molecular weight excluding hydrogens is 424 g/mol. The van der Waals surface area contributed by atoms with Gasteiger partial charge in [0.15, 0.2) is 6.61 Å². The predicted octanol–water partition coefficient (Wildman–Crippen LogP) is 2.66. The molecule has 2 aliphatic heterocycles. The number of imide groups is 1. The summed E-state index contributed by atoms with van der Waals surface area (Å²) in [6.07, 6.45) is 0. The fourth-order valence-corrected chi connectivity index (χ4v) is 4.13. The summed E-state index contributed by atoms with van der Waals surface area (Å²) in [6.45, 7) is 1.52. The number of carbonyl (C=O) groups excluding carboxylic acids is 4. The lowest BCUT2D eigenvalue weighted by atomic mass is 9.94.